The van der Waals surface area contributed by atoms with E-state index in [0.29, 0.717) is 11.7 Å². The molecule has 0 saturated heterocycles. The van der Waals surface area contributed by atoms with Gasteiger partial charge in [0.2, 0.25) is 8.87 Å². The Morgan fingerprint density at radius 3 is 2.83 bits per heavy atom. The Kier molecular flexibility index (Phi) is 2.99. The Bertz CT molecular complexity index is 572. The quantitative estimate of drug-likeness (QED) is 0.816. The molecule has 1 aromatic rings. The van der Waals surface area contributed by atoms with Crippen LogP contribution in [0.5, 0.6) is 0 Å². The lowest BCUT2D eigenvalue weighted by atomic mass is 9.93. The first-order valence-corrected chi connectivity index (χ1v) is 8.68. The number of nitrogens with one attached hydrogen (secondary N) is 2. The first-order chi connectivity index (χ1) is 8.54. The molecule has 0 amide bonds. The van der Waals surface area contributed by atoms with Gasteiger partial charge < -0.3 is 5.32 Å². The summed E-state index contributed by atoms with van der Waals surface area (Å²) in [5.41, 5.74) is 0.102. The monoisotopic (exact) mass is 288 g/mol. The van der Waals surface area contributed by atoms with Crippen molar-refractivity contribution < 1.29 is 12.8 Å². The summed E-state index contributed by atoms with van der Waals surface area (Å²) in [7, 11) is -2.69. The van der Waals surface area contributed by atoms with Crippen molar-refractivity contribution in [2.24, 2.45) is 0 Å². The van der Waals surface area contributed by atoms with Crippen molar-refractivity contribution in [3.63, 3.8) is 0 Å². The lowest BCUT2D eigenvalue weighted by Gasteiger charge is -2.34. The average molecular weight is 288 g/mol. The highest BCUT2D eigenvalue weighted by Crippen LogP contribution is 2.38. The van der Waals surface area contributed by atoms with Crippen LogP contribution in [0.3, 0.4) is 0 Å². The van der Waals surface area contributed by atoms with E-state index in [2.05, 4.69) is 10.6 Å². The molecule has 0 aromatic heterocycles. The van der Waals surface area contributed by atoms with Crippen LogP contribution in [0.15, 0.2) is 23.1 Å². The zero-order valence-corrected chi connectivity index (χ0v) is 11.2. The molecule has 0 spiro atoms. The van der Waals surface area contributed by atoms with E-state index in [9.17, 15) is 12.8 Å². The summed E-state index contributed by atoms with van der Waals surface area (Å²) in [6.07, 6.45) is 3.34. The molecular formula is C11H13FN2O2S2. The zero-order valence-electron chi connectivity index (χ0n) is 9.52. The predicted octanol–water partition coefficient (Wildman–Crippen LogP) is 2.10. The second-order valence-electron chi connectivity index (χ2n) is 4.51. The third-order valence-corrected chi connectivity index (χ3v) is 6.67. The third-order valence-electron chi connectivity index (χ3n) is 3.21. The number of rotatable bonds is 2. The maximum Gasteiger partial charge on any atom is 0.235 e. The third kappa shape index (κ3) is 2.22. The molecule has 98 valence electrons. The molecule has 1 aliphatic carbocycles. The number of anilines is 1. The Hall–Kier alpha value is -0.790. The van der Waals surface area contributed by atoms with Crippen LogP contribution < -0.4 is 10.6 Å². The average Bonchev–Trinajstić information content (AvgIpc) is 2.24. The van der Waals surface area contributed by atoms with Crippen molar-refractivity contribution in [2.75, 3.05) is 5.32 Å². The molecule has 2 N–H and O–H groups in total. The van der Waals surface area contributed by atoms with Crippen LogP contribution in [0.1, 0.15) is 19.3 Å². The van der Waals surface area contributed by atoms with Crippen molar-refractivity contribution in [2.45, 2.75) is 35.7 Å². The second-order valence-corrected chi connectivity index (χ2v) is 8.42. The molecule has 0 bridgehead atoms. The van der Waals surface area contributed by atoms with E-state index >= 15 is 0 Å². The first-order valence-electron chi connectivity index (χ1n) is 5.80. The molecule has 3 rings (SSSR count). The van der Waals surface area contributed by atoms with Crippen LogP contribution in [-0.4, -0.2) is 20.0 Å². The topological polar surface area (TPSA) is 58.2 Å². The number of hydrogen-bond acceptors (Lipinski definition) is 5. The van der Waals surface area contributed by atoms with Crippen molar-refractivity contribution in [3.05, 3.63) is 24.0 Å². The van der Waals surface area contributed by atoms with E-state index in [1.54, 1.807) is 0 Å². The Morgan fingerprint density at radius 1 is 1.39 bits per heavy atom. The van der Waals surface area contributed by atoms with Gasteiger partial charge in [-0.3, -0.25) is 5.32 Å². The molecule has 2 aliphatic rings. The minimum Gasteiger partial charge on any atom is -0.359 e. The molecule has 1 heterocycles. The van der Waals surface area contributed by atoms with E-state index < -0.39 is 14.7 Å². The van der Waals surface area contributed by atoms with E-state index in [1.807, 2.05) is 0 Å². The maximum absolute atomic E-state index is 13.1. The van der Waals surface area contributed by atoms with Gasteiger partial charge in [0.1, 0.15) is 16.2 Å². The first kappa shape index (κ1) is 12.3. The molecule has 0 radical (unpaired) electrons. The highest BCUT2D eigenvalue weighted by Gasteiger charge is 2.33. The minimum absolute atomic E-state index is 0.0270. The highest BCUT2D eigenvalue weighted by atomic mass is 33.1. The van der Waals surface area contributed by atoms with E-state index in [1.165, 1.54) is 18.6 Å². The van der Waals surface area contributed by atoms with Gasteiger partial charge in [0.25, 0.3) is 0 Å². The standard InChI is InChI=1S/C11H13FN2O2S2/c12-7-4-5-9-10(6-7)18(15,16)17-11(14-9)13-8-2-1-3-8/h4-6,8,11,13-14H,1-3H2. The fourth-order valence-corrected chi connectivity index (χ4v) is 5.25. The fraction of sp³-hybridized carbons (Fsp3) is 0.455. The smallest absolute Gasteiger partial charge is 0.235 e. The molecular weight excluding hydrogens is 275 g/mol. The molecule has 1 unspecified atom stereocenters. The summed E-state index contributed by atoms with van der Waals surface area (Å²) < 4.78 is 37.2. The zero-order chi connectivity index (χ0) is 12.8. The Morgan fingerprint density at radius 2 is 2.17 bits per heavy atom. The van der Waals surface area contributed by atoms with Crippen LogP contribution in [-0.2, 0) is 8.87 Å². The molecule has 1 aromatic carbocycles. The molecule has 1 saturated carbocycles. The maximum atomic E-state index is 13.1. The van der Waals surface area contributed by atoms with Gasteiger partial charge in [0.15, 0.2) is 0 Å². The molecule has 18 heavy (non-hydrogen) atoms. The van der Waals surface area contributed by atoms with E-state index in [4.69, 9.17) is 0 Å². The Labute approximate surface area is 109 Å². The second kappa shape index (κ2) is 4.40. The summed E-state index contributed by atoms with van der Waals surface area (Å²) in [5, 5.41) is 6.33. The summed E-state index contributed by atoms with van der Waals surface area (Å²) in [4.78, 5) is 0.0270. The number of halogens is 1. The summed E-state index contributed by atoms with van der Waals surface area (Å²) >= 11 is 0. The summed E-state index contributed by atoms with van der Waals surface area (Å²) in [5.74, 6) is -0.537. The number of fused-ring (bicyclic) bond motifs is 1. The number of benzene rings is 1. The SMILES string of the molecule is O=S1(=O)SC(NC2CCC2)Nc2ccc(F)cc21. The summed E-state index contributed by atoms with van der Waals surface area (Å²) in [6, 6.07) is 4.17. The van der Waals surface area contributed by atoms with E-state index in [0.717, 1.165) is 29.7 Å². The van der Waals surface area contributed by atoms with Gasteiger partial charge in [-0.05, 0) is 31.0 Å². The lowest BCUT2D eigenvalue weighted by molar-refractivity contribution is 0.340. The normalized spacial score (nSPS) is 25.9. The molecule has 4 nitrogen and oxygen atoms in total. The van der Waals surface area contributed by atoms with Gasteiger partial charge >= 0.3 is 0 Å². The van der Waals surface area contributed by atoms with Crippen molar-refractivity contribution >= 4 is 25.4 Å². The summed E-state index contributed by atoms with van der Waals surface area (Å²) in [6.45, 7) is 0. The lowest BCUT2D eigenvalue weighted by Crippen LogP contribution is -2.46. The van der Waals surface area contributed by atoms with E-state index in [-0.39, 0.29) is 10.4 Å². The molecule has 1 fully saturated rings. The van der Waals surface area contributed by atoms with Crippen LogP contribution in [0, 0.1) is 5.82 Å². The van der Waals surface area contributed by atoms with Gasteiger partial charge in [-0.25, -0.2) is 12.8 Å². The van der Waals surface area contributed by atoms with Gasteiger partial charge in [-0.15, -0.1) is 0 Å². The van der Waals surface area contributed by atoms with Gasteiger partial charge in [0, 0.05) is 16.8 Å². The van der Waals surface area contributed by atoms with Crippen LogP contribution in [0.2, 0.25) is 0 Å². The Balaban J connectivity index is 1.88. The minimum atomic E-state index is -3.49. The van der Waals surface area contributed by atoms with Gasteiger partial charge in [0.05, 0.1) is 5.69 Å². The molecule has 1 atom stereocenters. The van der Waals surface area contributed by atoms with Crippen LogP contribution >= 0.6 is 10.8 Å². The van der Waals surface area contributed by atoms with Crippen molar-refractivity contribution in [3.8, 4) is 0 Å². The van der Waals surface area contributed by atoms with Crippen LogP contribution in [0.4, 0.5) is 10.1 Å². The largest absolute Gasteiger partial charge is 0.359 e. The fourth-order valence-electron chi connectivity index (χ4n) is 2.02. The van der Waals surface area contributed by atoms with Crippen LogP contribution in [0.25, 0.3) is 0 Å². The van der Waals surface area contributed by atoms with Crippen molar-refractivity contribution in [1.82, 2.24) is 5.32 Å². The highest BCUT2D eigenvalue weighted by molar-refractivity contribution is 8.72. The van der Waals surface area contributed by atoms with Gasteiger partial charge in [-0.1, -0.05) is 6.42 Å². The molecule has 7 heteroatoms. The van der Waals surface area contributed by atoms with Gasteiger partial charge in [-0.2, -0.15) is 0 Å². The number of hydrogen-bond donors (Lipinski definition) is 2. The predicted molar refractivity (Wildman–Crippen MR) is 69.4 cm³/mol. The van der Waals surface area contributed by atoms with Crippen molar-refractivity contribution in [1.29, 1.82) is 0 Å². The molecule has 1 aliphatic heterocycles.